The second-order valence-electron chi connectivity index (χ2n) is 2.76. The van der Waals surface area contributed by atoms with Gasteiger partial charge >= 0.3 is 93.2 Å². The van der Waals surface area contributed by atoms with Crippen LogP contribution in [0, 0.1) is 0 Å². The summed E-state index contributed by atoms with van der Waals surface area (Å²) >= 11 is 0. The van der Waals surface area contributed by atoms with Crippen LogP contribution in [0.3, 0.4) is 0 Å². The van der Waals surface area contributed by atoms with Crippen molar-refractivity contribution in [2.45, 2.75) is 18.4 Å². The van der Waals surface area contributed by atoms with E-state index in [2.05, 4.69) is 0 Å². The molecule has 0 aromatic rings. The van der Waals surface area contributed by atoms with Crippen LogP contribution in [0.25, 0.3) is 0 Å². The molecule has 0 heterocycles. The first-order valence-corrected chi connectivity index (χ1v) is 3.82. The Bertz CT molecular complexity index is 331. The molecule has 13 heteroatoms. The zero-order valence-corrected chi connectivity index (χ0v) is 14.6. The SMILES string of the molecule is O=C(O)CC(O)(CC(=O)O)C(=O)O.O=C(O)O.[H-].[H-].[H-].[H-].[H-].[H-].[Mg+2].[Mg+2].[Mg+2]. The third-order valence-electron chi connectivity index (χ3n) is 1.29. The molecule has 0 saturated heterocycles. The average Bonchev–Trinajstić information content (AvgIpc) is 1.98. The number of carboxylic acids is 3. The van der Waals surface area contributed by atoms with Crippen molar-refractivity contribution < 1.29 is 58.4 Å². The fourth-order valence-corrected chi connectivity index (χ4v) is 0.714. The summed E-state index contributed by atoms with van der Waals surface area (Å²) < 4.78 is 0. The van der Waals surface area contributed by atoms with Crippen LogP contribution in [0.2, 0.25) is 0 Å². The first kappa shape index (κ1) is 32.0. The van der Waals surface area contributed by atoms with Crippen LogP contribution in [0.15, 0.2) is 0 Å². The summed E-state index contributed by atoms with van der Waals surface area (Å²) in [5, 5.41) is 47.8. The maximum Gasteiger partial charge on any atom is 2.00 e. The number of aliphatic carboxylic acids is 3. The molecule has 0 atom stereocenters. The summed E-state index contributed by atoms with van der Waals surface area (Å²) in [6, 6.07) is 0. The van der Waals surface area contributed by atoms with Gasteiger partial charge in [0.05, 0.1) is 12.8 Å². The van der Waals surface area contributed by atoms with E-state index in [1.807, 2.05) is 0 Å². The van der Waals surface area contributed by atoms with Crippen molar-refractivity contribution in [3.63, 3.8) is 0 Å². The smallest absolute Gasteiger partial charge is 1.00 e. The van der Waals surface area contributed by atoms with Crippen molar-refractivity contribution in [1.29, 1.82) is 0 Å². The molecule has 0 radical (unpaired) electrons. The third kappa shape index (κ3) is 20.3. The second-order valence-corrected chi connectivity index (χ2v) is 2.76. The molecule has 10 nitrogen and oxygen atoms in total. The predicted molar refractivity (Wildman–Crippen MR) is 71.7 cm³/mol. The first-order valence-electron chi connectivity index (χ1n) is 3.82. The van der Waals surface area contributed by atoms with Crippen molar-refractivity contribution >= 4 is 93.2 Å². The van der Waals surface area contributed by atoms with E-state index in [1.165, 1.54) is 0 Å². The maximum absolute atomic E-state index is 10.3. The standard InChI is InChI=1S/C6H8O7.CH2O3.3Mg.6H/c7-3(8)1-6(13,5(11)12)2-4(9)10;2-1(3)4;;;;;;;;;/h13H,1-2H2,(H,7,8)(H,9,10)(H,11,12);(H2,2,3,4);;;;;;;;;/q;;3*+2;6*-1. The molecule has 0 amide bonds. The Kier molecular flexibility index (Phi) is 24.6. The van der Waals surface area contributed by atoms with Gasteiger partial charge in [-0.05, 0) is 0 Å². The van der Waals surface area contributed by atoms with Crippen LogP contribution in [0.5, 0.6) is 0 Å². The van der Waals surface area contributed by atoms with Gasteiger partial charge in [-0.15, -0.1) is 0 Å². The van der Waals surface area contributed by atoms with Gasteiger partial charge in [-0.2, -0.15) is 0 Å². The molecule has 0 bridgehead atoms. The van der Waals surface area contributed by atoms with E-state index in [1.54, 1.807) is 0 Å². The molecule has 0 unspecified atom stereocenters. The minimum atomic E-state index is -2.74. The predicted octanol–water partition coefficient (Wildman–Crippen LogP) is -1.49. The number of hydrogen-bond donors (Lipinski definition) is 6. The van der Waals surface area contributed by atoms with E-state index >= 15 is 0 Å². The van der Waals surface area contributed by atoms with E-state index in [-0.39, 0.29) is 77.7 Å². The number of hydrogen-bond acceptors (Lipinski definition) is 5. The summed E-state index contributed by atoms with van der Waals surface area (Å²) in [4.78, 5) is 39.0. The van der Waals surface area contributed by atoms with Gasteiger partial charge in [-0.25, -0.2) is 9.59 Å². The van der Waals surface area contributed by atoms with Gasteiger partial charge in [0.1, 0.15) is 0 Å². The van der Waals surface area contributed by atoms with E-state index < -0.39 is 42.5 Å². The Balaban J connectivity index is -0.0000000177. The number of rotatable bonds is 5. The first-order chi connectivity index (χ1) is 7.51. The fraction of sp³-hybridized carbons (Fsp3) is 0.429. The average molecular weight is 333 g/mol. The van der Waals surface area contributed by atoms with E-state index in [0.29, 0.717) is 0 Å². The Morgan fingerprint density at radius 3 is 1.05 bits per heavy atom. The second kappa shape index (κ2) is 15.3. The van der Waals surface area contributed by atoms with Crippen molar-refractivity contribution in [3.05, 3.63) is 0 Å². The summed E-state index contributed by atoms with van der Waals surface area (Å²) in [5.41, 5.74) is -2.74. The molecule has 20 heavy (non-hydrogen) atoms. The molecule has 0 saturated carbocycles. The minimum absolute atomic E-state index is 0. The number of carbonyl (C=O) groups is 4. The number of aliphatic hydroxyl groups is 1. The van der Waals surface area contributed by atoms with Crippen molar-refractivity contribution in [2.24, 2.45) is 0 Å². The molecule has 0 aliphatic carbocycles. The zero-order chi connectivity index (χ0) is 14.2. The van der Waals surface area contributed by atoms with E-state index in [0.717, 1.165) is 0 Å². The Labute approximate surface area is 169 Å². The molecule has 0 fully saturated rings. The minimum Gasteiger partial charge on any atom is -1.00 e. The normalized spacial score (nSPS) is 8.25. The molecule has 0 aliphatic heterocycles. The molecular weight excluding hydrogens is 317 g/mol. The quantitative estimate of drug-likeness (QED) is 0.323. The topological polar surface area (TPSA) is 190 Å². The van der Waals surface area contributed by atoms with Gasteiger partial charge in [0.25, 0.3) is 0 Å². The van der Waals surface area contributed by atoms with E-state index in [9.17, 15) is 14.4 Å². The van der Waals surface area contributed by atoms with Crippen molar-refractivity contribution in [2.75, 3.05) is 0 Å². The fourth-order valence-electron chi connectivity index (χ4n) is 0.714. The summed E-state index contributed by atoms with van der Waals surface area (Å²) in [7, 11) is 0. The van der Waals surface area contributed by atoms with Gasteiger partial charge in [0.15, 0.2) is 5.60 Å². The van der Waals surface area contributed by atoms with Gasteiger partial charge in [0.2, 0.25) is 0 Å². The van der Waals surface area contributed by atoms with Gasteiger partial charge in [-0.1, -0.05) is 0 Å². The van der Waals surface area contributed by atoms with Crippen molar-refractivity contribution in [1.82, 2.24) is 0 Å². The van der Waals surface area contributed by atoms with Gasteiger partial charge in [0, 0.05) is 0 Å². The summed E-state index contributed by atoms with van der Waals surface area (Å²) in [6.45, 7) is 0. The summed E-state index contributed by atoms with van der Waals surface area (Å²) in [6.07, 6.45) is -4.12. The van der Waals surface area contributed by atoms with Gasteiger partial charge < -0.3 is 39.2 Å². The van der Waals surface area contributed by atoms with Crippen LogP contribution in [-0.4, -0.2) is 129 Å². The van der Waals surface area contributed by atoms with Crippen LogP contribution < -0.4 is 0 Å². The zero-order valence-electron chi connectivity index (χ0n) is 16.4. The molecule has 6 N–H and O–H groups in total. The van der Waals surface area contributed by atoms with E-state index in [4.69, 9.17) is 35.4 Å². The molecule has 0 spiro atoms. The van der Waals surface area contributed by atoms with Gasteiger partial charge in [-0.3, -0.25) is 9.59 Å². The molecule has 0 aromatic carbocycles. The number of carboxylic acid groups (broad SMARTS) is 5. The van der Waals surface area contributed by atoms with Crippen LogP contribution in [0.1, 0.15) is 21.4 Å². The van der Waals surface area contributed by atoms with Crippen LogP contribution in [-0.2, 0) is 14.4 Å². The molecule has 0 aromatic heterocycles. The van der Waals surface area contributed by atoms with Crippen molar-refractivity contribution in [3.8, 4) is 0 Å². The Morgan fingerprint density at radius 2 is 0.950 bits per heavy atom. The van der Waals surface area contributed by atoms with Crippen LogP contribution in [0.4, 0.5) is 4.79 Å². The Hall–Kier alpha value is -0.0613. The maximum atomic E-state index is 10.3. The Morgan fingerprint density at radius 1 is 0.750 bits per heavy atom. The molecule has 0 aliphatic rings. The summed E-state index contributed by atoms with van der Waals surface area (Å²) in [5.74, 6) is -5.02. The molecule has 110 valence electrons. The third-order valence-corrected chi connectivity index (χ3v) is 1.29. The molecule has 0 rings (SSSR count). The largest absolute Gasteiger partial charge is 2.00 e. The van der Waals surface area contributed by atoms with Crippen LogP contribution >= 0.6 is 0 Å². The molecular formula is C7H16Mg3O10. The monoisotopic (exact) mass is 332 g/mol.